The number of rotatable bonds is 4. The third-order valence-electron chi connectivity index (χ3n) is 4.72. The molecule has 0 aromatic carbocycles. The van der Waals surface area contributed by atoms with E-state index in [1.54, 1.807) is 6.07 Å². The van der Waals surface area contributed by atoms with Gasteiger partial charge in [-0.3, -0.25) is 9.59 Å². The van der Waals surface area contributed by atoms with Crippen LogP contribution >= 0.6 is 11.3 Å². The molecule has 2 aromatic heterocycles. The summed E-state index contributed by atoms with van der Waals surface area (Å²) < 4.78 is 0.749. The molecule has 1 fully saturated rings. The fraction of sp³-hybridized carbons (Fsp3) is 0.529. The molecule has 1 saturated carbocycles. The van der Waals surface area contributed by atoms with Crippen LogP contribution in [0.4, 0.5) is 5.82 Å². The van der Waals surface area contributed by atoms with Gasteiger partial charge in [-0.15, -0.1) is 11.3 Å². The fourth-order valence-electron chi connectivity index (χ4n) is 3.39. The Morgan fingerprint density at radius 2 is 2.08 bits per heavy atom. The molecule has 2 heterocycles. The van der Waals surface area contributed by atoms with Gasteiger partial charge in [0.25, 0.3) is 11.8 Å². The van der Waals surface area contributed by atoms with Gasteiger partial charge in [0.2, 0.25) is 0 Å². The van der Waals surface area contributed by atoms with Crippen LogP contribution in [0.3, 0.4) is 0 Å². The SMILES string of the molecule is CCNC(=O)c1c(N)[nH]c2cc(C(=O)N(C)C3CCCCC3)sc12. The molecule has 0 unspecified atom stereocenters. The quantitative estimate of drug-likeness (QED) is 0.793. The molecular weight excluding hydrogens is 324 g/mol. The number of carbonyl (C=O) groups excluding carboxylic acids is 2. The van der Waals surface area contributed by atoms with Crippen LogP contribution < -0.4 is 11.1 Å². The standard InChI is InChI=1S/C17H24N4O2S/c1-3-19-16(22)13-14-11(20-15(13)18)9-12(24-14)17(23)21(2)10-7-5-4-6-8-10/h9-10,20H,3-8,18H2,1-2H3,(H,19,22). The summed E-state index contributed by atoms with van der Waals surface area (Å²) in [6.07, 6.45) is 5.78. The second kappa shape index (κ2) is 6.84. The van der Waals surface area contributed by atoms with Crippen LogP contribution in [-0.2, 0) is 0 Å². The molecule has 0 saturated heterocycles. The molecule has 1 aliphatic rings. The molecule has 6 nitrogen and oxygen atoms in total. The van der Waals surface area contributed by atoms with Crippen LogP contribution in [0.2, 0.25) is 0 Å². The van der Waals surface area contributed by atoms with Gasteiger partial charge in [-0.25, -0.2) is 0 Å². The third kappa shape index (κ3) is 3.00. The Morgan fingerprint density at radius 3 is 2.75 bits per heavy atom. The molecule has 4 N–H and O–H groups in total. The molecule has 0 radical (unpaired) electrons. The molecule has 0 atom stereocenters. The van der Waals surface area contributed by atoms with Gasteiger partial charge in [-0.05, 0) is 25.8 Å². The summed E-state index contributed by atoms with van der Waals surface area (Å²) in [6.45, 7) is 2.40. The number of aromatic amines is 1. The summed E-state index contributed by atoms with van der Waals surface area (Å²) in [5.41, 5.74) is 7.12. The Bertz CT molecular complexity index is 758. The van der Waals surface area contributed by atoms with E-state index in [1.807, 2.05) is 18.9 Å². The number of anilines is 1. The minimum Gasteiger partial charge on any atom is -0.385 e. The minimum absolute atomic E-state index is 0.0249. The molecule has 130 valence electrons. The maximum Gasteiger partial charge on any atom is 0.264 e. The summed E-state index contributed by atoms with van der Waals surface area (Å²) >= 11 is 1.34. The van der Waals surface area contributed by atoms with E-state index in [2.05, 4.69) is 10.3 Å². The molecule has 3 rings (SSSR count). The van der Waals surface area contributed by atoms with Crippen LogP contribution in [0.5, 0.6) is 0 Å². The van der Waals surface area contributed by atoms with Crippen molar-refractivity contribution < 1.29 is 9.59 Å². The average Bonchev–Trinajstić information content (AvgIpc) is 3.10. The zero-order valence-corrected chi connectivity index (χ0v) is 15.0. The monoisotopic (exact) mass is 348 g/mol. The number of nitrogens with zero attached hydrogens (tertiary/aromatic N) is 1. The van der Waals surface area contributed by atoms with Crippen LogP contribution in [0.1, 0.15) is 59.1 Å². The lowest BCUT2D eigenvalue weighted by Crippen LogP contribution is -2.37. The van der Waals surface area contributed by atoms with Crippen molar-refractivity contribution in [2.75, 3.05) is 19.3 Å². The lowest BCUT2D eigenvalue weighted by molar-refractivity contribution is 0.0701. The van der Waals surface area contributed by atoms with Gasteiger partial charge >= 0.3 is 0 Å². The summed E-state index contributed by atoms with van der Waals surface area (Å²) in [4.78, 5) is 30.5. The number of amides is 2. The second-order valence-corrected chi connectivity index (χ2v) is 7.39. The van der Waals surface area contributed by atoms with E-state index >= 15 is 0 Å². The van der Waals surface area contributed by atoms with Crippen molar-refractivity contribution in [3.8, 4) is 0 Å². The van der Waals surface area contributed by atoms with Gasteiger partial charge < -0.3 is 20.9 Å². The summed E-state index contributed by atoms with van der Waals surface area (Å²) in [7, 11) is 1.88. The summed E-state index contributed by atoms with van der Waals surface area (Å²) in [5, 5.41) is 2.77. The van der Waals surface area contributed by atoms with E-state index in [-0.39, 0.29) is 11.8 Å². The summed E-state index contributed by atoms with van der Waals surface area (Å²) in [5.74, 6) is 0.168. The van der Waals surface area contributed by atoms with Crippen molar-refractivity contribution in [2.45, 2.75) is 45.1 Å². The van der Waals surface area contributed by atoms with Crippen LogP contribution in [0.15, 0.2) is 6.07 Å². The van der Waals surface area contributed by atoms with Gasteiger partial charge in [0, 0.05) is 19.6 Å². The maximum absolute atomic E-state index is 12.8. The lowest BCUT2D eigenvalue weighted by atomic mass is 9.94. The van der Waals surface area contributed by atoms with Crippen molar-refractivity contribution >= 4 is 39.2 Å². The number of nitrogens with one attached hydrogen (secondary N) is 2. The summed E-state index contributed by atoms with van der Waals surface area (Å²) in [6, 6.07) is 2.13. The number of H-pyrrole nitrogens is 1. The van der Waals surface area contributed by atoms with E-state index in [9.17, 15) is 9.59 Å². The fourth-order valence-corrected chi connectivity index (χ4v) is 4.54. The second-order valence-electron chi connectivity index (χ2n) is 6.33. The van der Waals surface area contributed by atoms with Crippen LogP contribution in [0.25, 0.3) is 10.2 Å². The first kappa shape index (κ1) is 16.8. The molecule has 24 heavy (non-hydrogen) atoms. The van der Waals surface area contributed by atoms with Crippen LogP contribution in [0, 0.1) is 0 Å². The van der Waals surface area contributed by atoms with Crippen molar-refractivity contribution in [3.63, 3.8) is 0 Å². The molecule has 1 aliphatic carbocycles. The Kier molecular flexibility index (Phi) is 4.80. The zero-order valence-electron chi connectivity index (χ0n) is 14.1. The molecule has 0 aliphatic heterocycles. The largest absolute Gasteiger partial charge is 0.385 e. The lowest BCUT2D eigenvalue weighted by Gasteiger charge is -2.30. The number of aromatic nitrogens is 1. The Morgan fingerprint density at radius 1 is 1.38 bits per heavy atom. The number of hydrogen-bond donors (Lipinski definition) is 3. The van der Waals surface area contributed by atoms with E-state index < -0.39 is 0 Å². The zero-order chi connectivity index (χ0) is 17.3. The topological polar surface area (TPSA) is 91.2 Å². The van der Waals surface area contributed by atoms with E-state index in [1.165, 1.54) is 30.6 Å². The van der Waals surface area contributed by atoms with Gasteiger partial charge in [-0.1, -0.05) is 19.3 Å². The van der Waals surface area contributed by atoms with E-state index in [0.29, 0.717) is 28.8 Å². The first-order valence-corrected chi connectivity index (χ1v) is 9.31. The first-order chi connectivity index (χ1) is 11.5. The highest BCUT2D eigenvalue weighted by atomic mass is 32.1. The number of carbonyl (C=O) groups is 2. The highest BCUT2D eigenvalue weighted by Crippen LogP contribution is 2.33. The van der Waals surface area contributed by atoms with Crippen molar-refractivity contribution in [1.82, 2.24) is 15.2 Å². The van der Waals surface area contributed by atoms with Gasteiger partial charge in [0.15, 0.2) is 0 Å². The van der Waals surface area contributed by atoms with Gasteiger partial charge in [0.05, 0.1) is 20.7 Å². The average molecular weight is 348 g/mol. The number of hydrogen-bond acceptors (Lipinski definition) is 4. The Hall–Kier alpha value is -2.02. The predicted octanol–water partition coefficient (Wildman–Crippen LogP) is 2.97. The van der Waals surface area contributed by atoms with E-state index in [0.717, 1.165) is 23.1 Å². The van der Waals surface area contributed by atoms with Gasteiger partial charge in [-0.2, -0.15) is 0 Å². The number of fused-ring (bicyclic) bond motifs is 1. The normalized spacial score (nSPS) is 15.6. The van der Waals surface area contributed by atoms with E-state index in [4.69, 9.17) is 5.73 Å². The molecule has 7 heteroatoms. The van der Waals surface area contributed by atoms with Crippen molar-refractivity contribution in [2.24, 2.45) is 0 Å². The van der Waals surface area contributed by atoms with Crippen LogP contribution in [-0.4, -0.2) is 41.3 Å². The predicted molar refractivity (Wildman–Crippen MR) is 97.6 cm³/mol. The number of thiophene rings is 1. The van der Waals surface area contributed by atoms with Gasteiger partial charge in [0.1, 0.15) is 5.82 Å². The number of nitrogen functional groups attached to an aromatic ring is 1. The first-order valence-electron chi connectivity index (χ1n) is 8.49. The Balaban J connectivity index is 1.87. The minimum atomic E-state index is -0.206. The highest BCUT2D eigenvalue weighted by Gasteiger charge is 2.26. The molecular formula is C17H24N4O2S. The molecule has 0 spiro atoms. The Labute approximate surface area is 145 Å². The van der Waals surface area contributed by atoms with Crippen molar-refractivity contribution in [1.29, 1.82) is 0 Å². The third-order valence-corrected chi connectivity index (χ3v) is 5.86. The molecule has 2 aromatic rings. The molecule has 2 amide bonds. The maximum atomic E-state index is 12.8. The number of nitrogens with two attached hydrogens (primary N) is 1. The smallest absolute Gasteiger partial charge is 0.264 e. The molecule has 0 bridgehead atoms. The highest BCUT2D eigenvalue weighted by molar-refractivity contribution is 7.21. The van der Waals surface area contributed by atoms with Crippen molar-refractivity contribution in [3.05, 3.63) is 16.5 Å².